The van der Waals surface area contributed by atoms with Gasteiger partial charge in [0.2, 0.25) is 5.91 Å². The molecule has 2 N–H and O–H groups in total. The van der Waals surface area contributed by atoms with Gasteiger partial charge in [-0.15, -0.1) is 11.8 Å². The summed E-state index contributed by atoms with van der Waals surface area (Å²) in [5.41, 5.74) is 2.03. The number of anilines is 1. The van der Waals surface area contributed by atoms with Crippen molar-refractivity contribution in [3.8, 4) is 0 Å². The first-order valence-electron chi connectivity index (χ1n) is 6.15. The van der Waals surface area contributed by atoms with E-state index in [9.17, 15) is 4.79 Å². The Labute approximate surface area is 113 Å². The Morgan fingerprint density at radius 2 is 2.00 bits per heavy atom. The molecule has 0 heterocycles. The van der Waals surface area contributed by atoms with Crippen molar-refractivity contribution in [2.45, 2.75) is 31.9 Å². The lowest BCUT2D eigenvalue weighted by molar-refractivity contribution is -0.113. The fourth-order valence-electron chi connectivity index (χ4n) is 1.57. The highest BCUT2D eigenvalue weighted by Crippen LogP contribution is 2.23. The molecule has 1 rings (SSSR count). The van der Waals surface area contributed by atoms with E-state index in [1.807, 2.05) is 31.2 Å². The number of carbonyl (C=O) groups excluding carboxylic acids is 1. The molecule has 0 saturated heterocycles. The van der Waals surface area contributed by atoms with Gasteiger partial charge in [-0.2, -0.15) is 0 Å². The minimum atomic E-state index is -0.0200. The first kappa shape index (κ1) is 15.1. The summed E-state index contributed by atoms with van der Waals surface area (Å²) in [6, 6.07) is 7.86. The number of rotatable bonds is 6. The zero-order valence-electron chi connectivity index (χ0n) is 11.1. The lowest BCUT2D eigenvalue weighted by atomic mass is 10.0. The number of benzene rings is 1. The third kappa shape index (κ3) is 4.70. The van der Waals surface area contributed by atoms with Crippen molar-refractivity contribution in [3.63, 3.8) is 0 Å². The van der Waals surface area contributed by atoms with Crippen LogP contribution in [0.1, 0.15) is 32.3 Å². The van der Waals surface area contributed by atoms with Crippen molar-refractivity contribution in [2.75, 3.05) is 17.7 Å². The van der Waals surface area contributed by atoms with Crippen LogP contribution in [0.5, 0.6) is 0 Å². The zero-order chi connectivity index (χ0) is 13.5. The molecule has 1 aromatic rings. The van der Waals surface area contributed by atoms with Crippen LogP contribution in [0, 0.1) is 0 Å². The molecule has 100 valence electrons. The summed E-state index contributed by atoms with van der Waals surface area (Å²) in [5.74, 6) is 0.729. The first-order valence-corrected chi connectivity index (χ1v) is 7.20. The van der Waals surface area contributed by atoms with E-state index in [0.717, 1.165) is 11.3 Å². The topological polar surface area (TPSA) is 49.3 Å². The minimum absolute atomic E-state index is 0.0200. The quantitative estimate of drug-likeness (QED) is 0.833. The summed E-state index contributed by atoms with van der Waals surface area (Å²) in [7, 11) is 0. The predicted octanol–water partition coefficient (Wildman–Crippen LogP) is 2.86. The van der Waals surface area contributed by atoms with E-state index >= 15 is 0 Å². The summed E-state index contributed by atoms with van der Waals surface area (Å²) in [4.78, 5) is 11.8. The van der Waals surface area contributed by atoms with E-state index in [4.69, 9.17) is 5.11 Å². The van der Waals surface area contributed by atoms with Crippen LogP contribution >= 0.6 is 11.8 Å². The highest BCUT2D eigenvalue weighted by Gasteiger charge is 2.10. The van der Waals surface area contributed by atoms with Gasteiger partial charge in [0.1, 0.15) is 0 Å². The Balaban J connectivity index is 2.59. The Morgan fingerprint density at radius 1 is 1.33 bits per heavy atom. The molecule has 0 fully saturated rings. The van der Waals surface area contributed by atoms with Gasteiger partial charge >= 0.3 is 0 Å². The number of thioether (sulfide) groups is 1. The average molecular weight is 267 g/mol. The van der Waals surface area contributed by atoms with Gasteiger partial charge < -0.3 is 10.4 Å². The van der Waals surface area contributed by atoms with Crippen molar-refractivity contribution >= 4 is 23.4 Å². The monoisotopic (exact) mass is 267 g/mol. The molecule has 0 spiro atoms. The normalized spacial score (nSPS) is 12.5. The van der Waals surface area contributed by atoms with Gasteiger partial charge in [-0.3, -0.25) is 4.79 Å². The molecule has 0 aliphatic heterocycles. The molecule has 18 heavy (non-hydrogen) atoms. The first-order chi connectivity index (χ1) is 8.54. The number of aliphatic hydroxyl groups is 1. The van der Waals surface area contributed by atoms with Crippen molar-refractivity contribution < 1.29 is 9.90 Å². The SMILES string of the molecule is CC(CO)SCC(=O)Nc1ccccc1C(C)C. The number of para-hydroxylation sites is 1. The Hall–Kier alpha value is -1.00. The average Bonchev–Trinajstić information content (AvgIpc) is 2.36. The molecule has 0 aliphatic carbocycles. The molecule has 0 aliphatic rings. The summed E-state index contributed by atoms with van der Waals surface area (Å²) >= 11 is 1.46. The summed E-state index contributed by atoms with van der Waals surface area (Å²) in [6.45, 7) is 6.21. The standard InChI is InChI=1S/C14H21NO2S/c1-10(2)12-6-4-5-7-13(12)15-14(17)9-18-11(3)8-16/h4-7,10-11,16H,8-9H2,1-3H3,(H,15,17). The van der Waals surface area contributed by atoms with Crippen LogP contribution in [0.3, 0.4) is 0 Å². The molecule has 4 heteroatoms. The van der Waals surface area contributed by atoms with Gasteiger partial charge in [0.15, 0.2) is 0 Å². The van der Waals surface area contributed by atoms with Crippen LogP contribution in [0.4, 0.5) is 5.69 Å². The van der Waals surface area contributed by atoms with Crippen LogP contribution in [-0.2, 0) is 4.79 Å². The molecular weight excluding hydrogens is 246 g/mol. The van der Waals surface area contributed by atoms with Crippen LogP contribution in [-0.4, -0.2) is 28.6 Å². The van der Waals surface area contributed by atoms with Crippen molar-refractivity contribution in [2.24, 2.45) is 0 Å². The number of amides is 1. The maximum Gasteiger partial charge on any atom is 0.234 e. The fourth-order valence-corrected chi connectivity index (χ4v) is 2.18. The Kier molecular flexibility index (Phi) is 6.22. The molecule has 1 aromatic carbocycles. The third-order valence-corrected chi connectivity index (χ3v) is 3.76. The number of hydrogen-bond donors (Lipinski definition) is 2. The maximum absolute atomic E-state index is 11.8. The second-order valence-corrected chi connectivity index (χ2v) is 6.02. The van der Waals surface area contributed by atoms with Gasteiger partial charge in [-0.05, 0) is 17.5 Å². The molecule has 0 saturated carbocycles. The van der Waals surface area contributed by atoms with Crippen molar-refractivity contribution in [1.82, 2.24) is 0 Å². The molecule has 0 aromatic heterocycles. The van der Waals surface area contributed by atoms with Gasteiger partial charge in [0.25, 0.3) is 0 Å². The number of nitrogens with one attached hydrogen (secondary N) is 1. The number of aliphatic hydroxyl groups excluding tert-OH is 1. The van der Waals surface area contributed by atoms with E-state index in [2.05, 4.69) is 19.2 Å². The fraction of sp³-hybridized carbons (Fsp3) is 0.500. The van der Waals surface area contributed by atoms with Crippen LogP contribution in [0.15, 0.2) is 24.3 Å². The summed E-state index contributed by atoms with van der Waals surface area (Å²) in [5, 5.41) is 11.9. The van der Waals surface area contributed by atoms with Crippen LogP contribution < -0.4 is 5.32 Å². The van der Waals surface area contributed by atoms with Gasteiger partial charge in [-0.25, -0.2) is 0 Å². The lowest BCUT2D eigenvalue weighted by Crippen LogP contribution is -2.18. The maximum atomic E-state index is 11.8. The van der Waals surface area contributed by atoms with Gasteiger partial charge in [0, 0.05) is 10.9 Å². The van der Waals surface area contributed by atoms with E-state index in [1.165, 1.54) is 11.8 Å². The molecule has 1 amide bonds. The lowest BCUT2D eigenvalue weighted by Gasteiger charge is -2.14. The highest BCUT2D eigenvalue weighted by molar-refractivity contribution is 8.00. The Morgan fingerprint density at radius 3 is 2.61 bits per heavy atom. The van der Waals surface area contributed by atoms with Crippen LogP contribution in [0.25, 0.3) is 0 Å². The predicted molar refractivity (Wildman–Crippen MR) is 78.2 cm³/mol. The smallest absolute Gasteiger partial charge is 0.234 e. The second-order valence-electron chi connectivity index (χ2n) is 4.59. The van der Waals surface area contributed by atoms with Crippen LogP contribution in [0.2, 0.25) is 0 Å². The van der Waals surface area contributed by atoms with Crippen molar-refractivity contribution in [1.29, 1.82) is 0 Å². The van der Waals surface area contributed by atoms with Gasteiger partial charge in [0.05, 0.1) is 12.4 Å². The van der Waals surface area contributed by atoms with Gasteiger partial charge in [-0.1, -0.05) is 39.0 Å². The van der Waals surface area contributed by atoms with Crippen molar-refractivity contribution in [3.05, 3.63) is 29.8 Å². The van der Waals surface area contributed by atoms with E-state index in [-0.39, 0.29) is 17.8 Å². The molecule has 1 atom stereocenters. The number of carbonyl (C=O) groups is 1. The third-order valence-electron chi connectivity index (χ3n) is 2.61. The highest BCUT2D eigenvalue weighted by atomic mass is 32.2. The minimum Gasteiger partial charge on any atom is -0.395 e. The van der Waals surface area contributed by atoms with E-state index in [0.29, 0.717) is 11.7 Å². The zero-order valence-corrected chi connectivity index (χ0v) is 12.0. The Bertz CT molecular complexity index is 393. The van der Waals surface area contributed by atoms with E-state index < -0.39 is 0 Å². The number of hydrogen-bond acceptors (Lipinski definition) is 3. The molecule has 0 bridgehead atoms. The molecule has 3 nitrogen and oxygen atoms in total. The van der Waals surface area contributed by atoms with E-state index in [1.54, 1.807) is 0 Å². The summed E-state index contributed by atoms with van der Waals surface area (Å²) in [6.07, 6.45) is 0. The largest absolute Gasteiger partial charge is 0.395 e. The molecule has 1 unspecified atom stereocenters. The second kappa shape index (κ2) is 7.44. The molecular formula is C14H21NO2S. The molecule has 0 radical (unpaired) electrons. The summed E-state index contributed by atoms with van der Waals surface area (Å²) < 4.78 is 0.